The van der Waals surface area contributed by atoms with E-state index in [9.17, 15) is 0 Å². The van der Waals surface area contributed by atoms with Gasteiger partial charge in [-0.05, 0) is 6.42 Å². The summed E-state index contributed by atoms with van der Waals surface area (Å²) in [5.41, 5.74) is 5.49. The molecule has 1 fully saturated rings. The van der Waals surface area contributed by atoms with Crippen molar-refractivity contribution in [1.82, 2.24) is 9.97 Å². The van der Waals surface area contributed by atoms with Crippen LogP contribution in [0.3, 0.4) is 0 Å². The minimum Gasteiger partial charge on any atom is -0.477 e. The molecule has 1 unspecified atom stereocenters. The van der Waals surface area contributed by atoms with E-state index in [2.05, 4.69) is 9.97 Å². The van der Waals surface area contributed by atoms with Gasteiger partial charge in [-0.3, -0.25) is 0 Å². The fourth-order valence-corrected chi connectivity index (χ4v) is 1.35. The summed E-state index contributed by atoms with van der Waals surface area (Å²) in [5, 5.41) is 0. The van der Waals surface area contributed by atoms with Gasteiger partial charge in [0, 0.05) is 18.6 Å². The molecule has 0 spiro atoms. The summed E-state index contributed by atoms with van der Waals surface area (Å²) in [5.74, 6) is 1.44. The Morgan fingerprint density at radius 1 is 1.57 bits per heavy atom. The average Bonchev–Trinajstić information content (AvgIpc) is 2.67. The Bertz CT molecular complexity index is 300. The summed E-state index contributed by atoms with van der Waals surface area (Å²) in [6.07, 6.45) is 2.45. The second-order valence-corrected chi connectivity index (χ2v) is 3.32. The Labute approximate surface area is 82.3 Å². The van der Waals surface area contributed by atoms with Crippen LogP contribution in [0.25, 0.3) is 0 Å². The van der Waals surface area contributed by atoms with Crippen LogP contribution in [0.2, 0.25) is 0 Å². The van der Waals surface area contributed by atoms with Crippen LogP contribution in [-0.4, -0.2) is 29.8 Å². The summed E-state index contributed by atoms with van der Waals surface area (Å²) >= 11 is 0. The van der Waals surface area contributed by atoms with Crippen LogP contribution in [0.1, 0.15) is 6.42 Å². The molecule has 1 aliphatic heterocycles. The van der Waals surface area contributed by atoms with Crippen molar-refractivity contribution in [2.75, 3.05) is 25.6 Å². The molecular formula is C9H13N3O2. The third-order valence-corrected chi connectivity index (χ3v) is 2.15. The molecule has 5 heteroatoms. The molecule has 1 aromatic heterocycles. The zero-order valence-corrected chi connectivity index (χ0v) is 7.85. The second kappa shape index (κ2) is 4.23. The van der Waals surface area contributed by atoms with Gasteiger partial charge in [-0.15, -0.1) is 0 Å². The molecule has 1 aliphatic rings. The van der Waals surface area contributed by atoms with Gasteiger partial charge in [0.25, 0.3) is 0 Å². The SMILES string of the molecule is Nc1cc(OCC2CCOC2)ncn1. The highest BCUT2D eigenvalue weighted by molar-refractivity contribution is 5.30. The first-order valence-electron chi connectivity index (χ1n) is 4.62. The van der Waals surface area contributed by atoms with E-state index < -0.39 is 0 Å². The van der Waals surface area contributed by atoms with Crippen LogP contribution in [0.4, 0.5) is 5.82 Å². The Balaban J connectivity index is 1.85. The molecule has 0 amide bonds. The molecule has 0 saturated carbocycles. The molecule has 0 bridgehead atoms. The van der Waals surface area contributed by atoms with Crippen LogP contribution in [0.15, 0.2) is 12.4 Å². The van der Waals surface area contributed by atoms with Gasteiger partial charge in [0.2, 0.25) is 5.88 Å². The number of ether oxygens (including phenoxy) is 2. The minimum absolute atomic E-state index is 0.428. The van der Waals surface area contributed by atoms with E-state index in [1.54, 1.807) is 6.07 Å². The lowest BCUT2D eigenvalue weighted by atomic mass is 10.1. The molecule has 2 rings (SSSR count). The van der Waals surface area contributed by atoms with Crippen molar-refractivity contribution < 1.29 is 9.47 Å². The van der Waals surface area contributed by atoms with Gasteiger partial charge in [0.05, 0.1) is 13.2 Å². The van der Waals surface area contributed by atoms with E-state index in [0.717, 1.165) is 19.6 Å². The Hall–Kier alpha value is -1.36. The molecule has 0 aromatic carbocycles. The molecule has 76 valence electrons. The maximum Gasteiger partial charge on any atom is 0.218 e. The summed E-state index contributed by atoms with van der Waals surface area (Å²) in [4.78, 5) is 7.73. The van der Waals surface area contributed by atoms with E-state index in [0.29, 0.717) is 24.2 Å². The van der Waals surface area contributed by atoms with Gasteiger partial charge in [0.1, 0.15) is 12.1 Å². The highest BCUT2D eigenvalue weighted by Gasteiger charge is 2.16. The van der Waals surface area contributed by atoms with E-state index in [-0.39, 0.29) is 0 Å². The Morgan fingerprint density at radius 2 is 2.50 bits per heavy atom. The van der Waals surface area contributed by atoms with Gasteiger partial charge < -0.3 is 15.2 Å². The van der Waals surface area contributed by atoms with E-state index in [1.165, 1.54) is 6.33 Å². The monoisotopic (exact) mass is 195 g/mol. The molecule has 1 atom stereocenters. The van der Waals surface area contributed by atoms with Crippen molar-refractivity contribution >= 4 is 5.82 Å². The Morgan fingerprint density at radius 3 is 3.21 bits per heavy atom. The third-order valence-electron chi connectivity index (χ3n) is 2.15. The van der Waals surface area contributed by atoms with Gasteiger partial charge >= 0.3 is 0 Å². The van der Waals surface area contributed by atoms with Crippen LogP contribution < -0.4 is 10.5 Å². The number of hydrogen-bond donors (Lipinski definition) is 1. The quantitative estimate of drug-likeness (QED) is 0.759. The fourth-order valence-electron chi connectivity index (χ4n) is 1.35. The second-order valence-electron chi connectivity index (χ2n) is 3.32. The van der Waals surface area contributed by atoms with Crippen LogP contribution >= 0.6 is 0 Å². The van der Waals surface area contributed by atoms with Crippen LogP contribution in [0, 0.1) is 5.92 Å². The van der Waals surface area contributed by atoms with Gasteiger partial charge in [-0.1, -0.05) is 0 Å². The average molecular weight is 195 g/mol. The minimum atomic E-state index is 0.428. The molecule has 1 saturated heterocycles. The zero-order chi connectivity index (χ0) is 9.80. The summed E-state index contributed by atoms with van der Waals surface area (Å²) < 4.78 is 10.7. The number of hydrogen-bond acceptors (Lipinski definition) is 5. The Kier molecular flexibility index (Phi) is 2.78. The lowest BCUT2D eigenvalue weighted by molar-refractivity contribution is 0.165. The molecule has 5 nitrogen and oxygen atoms in total. The number of nitrogens with zero attached hydrogens (tertiary/aromatic N) is 2. The van der Waals surface area contributed by atoms with Crippen LogP contribution in [0.5, 0.6) is 5.88 Å². The zero-order valence-electron chi connectivity index (χ0n) is 7.85. The largest absolute Gasteiger partial charge is 0.477 e. The smallest absolute Gasteiger partial charge is 0.218 e. The molecule has 0 radical (unpaired) electrons. The third kappa shape index (κ3) is 2.32. The lowest BCUT2D eigenvalue weighted by Crippen LogP contribution is -2.12. The van der Waals surface area contributed by atoms with Crippen molar-refractivity contribution in [1.29, 1.82) is 0 Å². The van der Waals surface area contributed by atoms with Crippen molar-refractivity contribution in [3.8, 4) is 5.88 Å². The van der Waals surface area contributed by atoms with Crippen molar-refractivity contribution in [3.63, 3.8) is 0 Å². The van der Waals surface area contributed by atoms with E-state index in [1.807, 2.05) is 0 Å². The standard InChI is InChI=1S/C9H13N3O2/c10-8-3-9(12-6-11-8)14-5-7-1-2-13-4-7/h3,6-7H,1-2,4-5H2,(H2,10,11,12). The first kappa shape index (κ1) is 9.21. The van der Waals surface area contributed by atoms with Crippen molar-refractivity contribution in [2.45, 2.75) is 6.42 Å². The number of nitrogen functional groups attached to an aromatic ring is 1. The van der Waals surface area contributed by atoms with Gasteiger partial charge in [-0.2, -0.15) is 0 Å². The maximum atomic E-state index is 5.49. The molecule has 14 heavy (non-hydrogen) atoms. The lowest BCUT2D eigenvalue weighted by Gasteiger charge is -2.08. The predicted molar refractivity (Wildman–Crippen MR) is 50.9 cm³/mol. The first-order chi connectivity index (χ1) is 6.84. The topological polar surface area (TPSA) is 70.3 Å². The number of rotatable bonds is 3. The molecule has 2 N–H and O–H groups in total. The normalized spacial score (nSPS) is 21.0. The highest BCUT2D eigenvalue weighted by Crippen LogP contribution is 2.15. The van der Waals surface area contributed by atoms with Crippen molar-refractivity contribution in [3.05, 3.63) is 12.4 Å². The van der Waals surface area contributed by atoms with Gasteiger partial charge in [-0.25, -0.2) is 9.97 Å². The fraction of sp³-hybridized carbons (Fsp3) is 0.556. The molecule has 2 heterocycles. The maximum absolute atomic E-state index is 5.49. The van der Waals surface area contributed by atoms with E-state index >= 15 is 0 Å². The molecule has 1 aromatic rings. The molecule has 0 aliphatic carbocycles. The summed E-state index contributed by atoms with van der Waals surface area (Å²) in [6, 6.07) is 1.62. The number of nitrogens with two attached hydrogens (primary N) is 1. The summed E-state index contributed by atoms with van der Waals surface area (Å²) in [7, 11) is 0. The van der Waals surface area contributed by atoms with E-state index in [4.69, 9.17) is 15.2 Å². The molecular weight excluding hydrogens is 182 g/mol. The summed E-state index contributed by atoms with van der Waals surface area (Å²) in [6.45, 7) is 2.25. The van der Waals surface area contributed by atoms with Crippen LogP contribution in [-0.2, 0) is 4.74 Å². The highest BCUT2D eigenvalue weighted by atomic mass is 16.5. The van der Waals surface area contributed by atoms with Gasteiger partial charge in [0.15, 0.2) is 0 Å². The number of anilines is 1. The van der Waals surface area contributed by atoms with Crippen molar-refractivity contribution in [2.24, 2.45) is 5.92 Å². The predicted octanol–water partition coefficient (Wildman–Crippen LogP) is 0.474. The first-order valence-corrected chi connectivity index (χ1v) is 4.62. The number of aromatic nitrogens is 2.